The van der Waals surface area contributed by atoms with E-state index in [1.807, 2.05) is 26.8 Å². The molecule has 0 saturated heterocycles. The lowest BCUT2D eigenvalue weighted by atomic mass is 10.1. The molecule has 1 amide bonds. The van der Waals surface area contributed by atoms with Crippen molar-refractivity contribution in [3.8, 4) is 0 Å². The number of rotatable bonds is 3. The molecule has 1 aromatic carbocycles. The number of nitrogens with two attached hydrogens (primary N) is 1. The lowest BCUT2D eigenvalue weighted by molar-refractivity contribution is 0.0995. The molecule has 0 aliphatic heterocycles. The van der Waals surface area contributed by atoms with E-state index in [4.69, 9.17) is 10.2 Å². The van der Waals surface area contributed by atoms with E-state index in [-0.39, 0.29) is 5.91 Å². The number of anilines is 2. The van der Waals surface area contributed by atoms with Gasteiger partial charge in [0.1, 0.15) is 5.76 Å². The van der Waals surface area contributed by atoms with Crippen LogP contribution >= 0.6 is 0 Å². The van der Waals surface area contributed by atoms with E-state index in [0.29, 0.717) is 17.1 Å². The molecule has 0 unspecified atom stereocenters. The summed E-state index contributed by atoms with van der Waals surface area (Å²) in [6.45, 7) is 5.89. The summed E-state index contributed by atoms with van der Waals surface area (Å²) in [5.74, 6) is 0.816. The summed E-state index contributed by atoms with van der Waals surface area (Å²) in [4.78, 5) is 12.1. The van der Waals surface area contributed by atoms with Crippen molar-refractivity contribution in [1.82, 2.24) is 0 Å². The van der Waals surface area contributed by atoms with Crippen LogP contribution in [0.15, 0.2) is 28.7 Å². The standard InChI is InChI=1S/C15H18N2O2/c1-4-11-6-8-13(19-11)15(18)17-14-10(3)9(2)5-7-12(14)16/h5-8H,4,16H2,1-3H3,(H,17,18). The summed E-state index contributed by atoms with van der Waals surface area (Å²) in [7, 11) is 0. The maximum Gasteiger partial charge on any atom is 0.291 e. The van der Waals surface area contributed by atoms with E-state index in [2.05, 4.69) is 5.32 Å². The Morgan fingerprint density at radius 2 is 2.00 bits per heavy atom. The van der Waals surface area contributed by atoms with Gasteiger partial charge in [0.2, 0.25) is 0 Å². The van der Waals surface area contributed by atoms with E-state index < -0.39 is 0 Å². The maximum atomic E-state index is 12.1. The predicted octanol–water partition coefficient (Wildman–Crippen LogP) is 3.29. The van der Waals surface area contributed by atoms with Crippen LogP contribution in [0.5, 0.6) is 0 Å². The van der Waals surface area contributed by atoms with Crippen molar-refractivity contribution in [2.75, 3.05) is 11.1 Å². The van der Waals surface area contributed by atoms with Gasteiger partial charge in [-0.2, -0.15) is 0 Å². The molecule has 0 aliphatic carbocycles. The Balaban J connectivity index is 2.26. The average Bonchev–Trinajstić information content (AvgIpc) is 2.88. The zero-order valence-corrected chi connectivity index (χ0v) is 11.4. The van der Waals surface area contributed by atoms with Crippen molar-refractivity contribution in [2.24, 2.45) is 0 Å². The largest absolute Gasteiger partial charge is 0.456 e. The quantitative estimate of drug-likeness (QED) is 0.830. The van der Waals surface area contributed by atoms with Gasteiger partial charge in [0.05, 0.1) is 11.4 Å². The molecule has 2 aromatic rings. The highest BCUT2D eigenvalue weighted by Gasteiger charge is 2.14. The van der Waals surface area contributed by atoms with Crippen molar-refractivity contribution in [1.29, 1.82) is 0 Å². The third kappa shape index (κ3) is 2.62. The Bertz CT molecular complexity index is 615. The van der Waals surface area contributed by atoms with Crippen molar-refractivity contribution in [3.05, 3.63) is 46.9 Å². The molecule has 3 N–H and O–H groups in total. The van der Waals surface area contributed by atoms with Crippen molar-refractivity contribution in [2.45, 2.75) is 27.2 Å². The molecule has 100 valence electrons. The van der Waals surface area contributed by atoms with Gasteiger partial charge in [-0.15, -0.1) is 0 Å². The Morgan fingerprint density at radius 1 is 1.26 bits per heavy atom. The van der Waals surface area contributed by atoms with Gasteiger partial charge in [0.25, 0.3) is 5.91 Å². The molecule has 0 spiro atoms. The summed E-state index contributed by atoms with van der Waals surface area (Å²) >= 11 is 0. The van der Waals surface area contributed by atoms with Crippen molar-refractivity contribution in [3.63, 3.8) is 0 Å². The molecule has 0 aliphatic rings. The summed E-state index contributed by atoms with van der Waals surface area (Å²) in [6, 6.07) is 7.21. The summed E-state index contributed by atoms with van der Waals surface area (Å²) in [5.41, 5.74) is 9.16. The highest BCUT2D eigenvalue weighted by atomic mass is 16.3. The second kappa shape index (κ2) is 5.18. The van der Waals surface area contributed by atoms with E-state index in [1.165, 1.54) is 0 Å². The number of aryl methyl sites for hydroxylation is 2. The minimum atomic E-state index is -0.278. The second-order valence-corrected chi connectivity index (χ2v) is 4.55. The number of benzene rings is 1. The minimum absolute atomic E-state index is 0.278. The van der Waals surface area contributed by atoms with Crippen LogP contribution in [0.25, 0.3) is 0 Å². The van der Waals surface area contributed by atoms with Gasteiger partial charge < -0.3 is 15.5 Å². The molecule has 1 heterocycles. The molecule has 0 bridgehead atoms. The van der Waals surface area contributed by atoms with Gasteiger partial charge in [0.15, 0.2) is 5.76 Å². The second-order valence-electron chi connectivity index (χ2n) is 4.55. The Labute approximate surface area is 112 Å². The van der Waals surface area contributed by atoms with Crippen LogP contribution in [0, 0.1) is 13.8 Å². The molecule has 2 rings (SSSR count). The molecular weight excluding hydrogens is 240 g/mol. The molecule has 4 heteroatoms. The summed E-state index contributed by atoms with van der Waals surface area (Å²) in [5, 5.41) is 2.82. The van der Waals surface area contributed by atoms with E-state index >= 15 is 0 Å². The first-order valence-corrected chi connectivity index (χ1v) is 6.28. The van der Waals surface area contributed by atoms with Crippen molar-refractivity contribution < 1.29 is 9.21 Å². The molecule has 0 radical (unpaired) electrons. The first-order chi connectivity index (χ1) is 9.02. The molecule has 1 aromatic heterocycles. The number of nitrogens with one attached hydrogen (secondary N) is 1. The number of hydrogen-bond donors (Lipinski definition) is 2. The SMILES string of the molecule is CCc1ccc(C(=O)Nc2c(N)ccc(C)c2C)o1. The zero-order valence-electron chi connectivity index (χ0n) is 11.4. The third-order valence-electron chi connectivity index (χ3n) is 3.24. The van der Waals surface area contributed by atoms with E-state index in [1.54, 1.807) is 18.2 Å². The summed E-state index contributed by atoms with van der Waals surface area (Å²) in [6.07, 6.45) is 0.763. The number of furan rings is 1. The van der Waals surface area contributed by atoms with Crippen LogP contribution in [0.2, 0.25) is 0 Å². The molecule has 19 heavy (non-hydrogen) atoms. The molecule has 0 saturated carbocycles. The fraction of sp³-hybridized carbons (Fsp3) is 0.267. The van der Waals surface area contributed by atoms with Gasteiger partial charge in [-0.25, -0.2) is 0 Å². The van der Waals surface area contributed by atoms with Crippen LogP contribution < -0.4 is 11.1 Å². The minimum Gasteiger partial charge on any atom is -0.456 e. The highest BCUT2D eigenvalue weighted by molar-refractivity contribution is 6.04. The molecule has 0 fully saturated rings. The molecule has 4 nitrogen and oxygen atoms in total. The van der Waals surface area contributed by atoms with Gasteiger partial charge in [-0.05, 0) is 43.2 Å². The van der Waals surface area contributed by atoms with Crippen molar-refractivity contribution >= 4 is 17.3 Å². The van der Waals surface area contributed by atoms with E-state index in [0.717, 1.165) is 23.3 Å². The first-order valence-electron chi connectivity index (χ1n) is 6.28. The molecule has 0 atom stereocenters. The number of hydrogen-bond acceptors (Lipinski definition) is 3. The lowest BCUT2D eigenvalue weighted by Crippen LogP contribution is -2.14. The van der Waals surface area contributed by atoms with Crippen LogP contribution in [0.1, 0.15) is 34.4 Å². The Kier molecular flexibility index (Phi) is 3.60. The Hall–Kier alpha value is -2.23. The average molecular weight is 258 g/mol. The number of nitrogen functional groups attached to an aromatic ring is 1. The molecular formula is C15H18N2O2. The van der Waals surface area contributed by atoms with Gasteiger partial charge in [-0.3, -0.25) is 4.79 Å². The van der Waals surface area contributed by atoms with Crippen LogP contribution in [0.3, 0.4) is 0 Å². The fourth-order valence-corrected chi connectivity index (χ4v) is 1.87. The van der Waals surface area contributed by atoms with Gasteiger partial charge >= 0.3 is 0 Å². The number of carbonyl (C=O) groups excluding carboxylic acids is 1. The van der Waals surface area contributed by atoms with Crippen LogP contribution in [-0.2, 0) is 6.42 Å². The Morgan fingerprint density at radius 3 is 2.63 bits per heavy atom. The monoisotopic (exact) mass is 258 g/mol. The van der Waals surface area contributed by atoms with E-state index in [9.17, 15) is 4.79 Å². The smallest absolute Gasteiger partial charge is 0.291 e. The fourth-order valence-electron chi connectivity index (χ4n) is 1.87. The van der Waals surface area contributed by atoms with Gasteiger partial charge in [0, 0.05) is 6.42 Å². The maximum absolute atomic E-state index is 12.1. The topological polar surface area (TPSA) is 68.3 Å². The highest BCUT2D eigenvalue weighted by Crippen LogP contribution is 2.26. The number of amides is 1. The zero-order chi connectivity index (χ0) is 14.0. The third-order valence-corrected chi connectivity index (χ3v) is 3.24. The van der Waals surface area contributed by atoms with Crippen LogP contribution in [-0.4, -0.2) is 5.91 Å². The predicted molar refractivity (Wildman–Crippen MR) is 76.4 cm³/mol. The lowest BCUT2D eigenvalue weighted by Gasteiger charge is -2.12. The first kappa shape index (κ1) is 13.2. The summed E-state index contributed by atoms with van der Waals surface area (Å²) < 4.78 is 5.42. The van der Waals surface area contributed by atoms with Crippen LogP contribution in [0.4, 0.5) is 11.4 Å². The number of carbonyl (C=O) groups is 1. The van der Waals surface area contributed by atoms with Gasteiger partial charge in [-0.1, -0.05) is 13.0 Å². The normalized spacial score (nSPS) is 10.5.